The van der Waals surface area contributed by atoms with E-state index in [1.165, 1.54) is 0 Å². The molecule has 246 valence electrons. The molecule has 3 N–H and O–H groups in total. The molecular formula is C33H43BrFN3O7. The molecule has 5 rings (SSSR count). The van der Waals surface area contributed by atoms with Crippen LogP contribution in [0, 0.1) is 17.7 Å². The summed E-state index contributed by atoms with van der Waals surface area (Å²) in [5.74, 6) is -3.82. The minimum absolute atomic E-state index is 0.0465. The lowest BCUT2D eigenvalue weighted by atomic mass is 9.57. The Hall–Kier alpha value is -2.80. The Morgan fingerprint density at radius 3 is 2.42 bits per heavy atom. The van der Waals surface area contributed by atoms with Crippen LogP contribution in [0.2, 0.25) is 0 Å². The van der Waals surface area contributed by atoms with E-state index in [-0.39, 0.29) is 82.8 Å². The molecule has 1 aromatic carbocycles. The number of carbonyl (C=O) groups is 2. The van der Waals surface area contributed by atoms with E-state index in [1.807, 2.05) is 27.7 Å². The van der Waals surface area contributed by atoms with Crippen molar-refractivity contribution in [2.45, 2.75) is 90.4 Å². The Balaban J connectivity index is 1.67. The summed E-state index contributed by atoms with van der Waals surface area (Å²) < 4.78 is 33.8. The summed E-state index contributed by atoms with van der Waals surface area (Å²) in [4.78, 5) is 30.5. The molecule has 2 aromatic rings. The Morgan fingerprint density at radius 1 is 1.13 bits per heavy atom. The Bertz CT molecular complexity index is 1520. The van der Waals surface area contributed by atoms with Crippen molar-refractivity contribution in [3.8, 4) is 11.6 Å². The zero-order valence-electron chi connectivity index (χ0n) is 26.8. The highest BCUT2D eigenvalue weighted by Crippen LogP contribution is 2.57. The van der Waals surface area contributed by atoms with Crippen LogP contribution in [0.25, 0.3) is 5.76 Å². The molecule has 0 amide bonds. The third-order valence-electron chi connectivity index (χ3n) is 9.18. The monoisotopic (exact) mass is 691 g/mol. The summed E-state index contributed by atoms with van der Waals surface area (Å²) in [6, 6.07) is -0.643. The number of ether oxygens (including phenoxy) is 2. The van der Waals surface area contributed by atoms with E-state index >= 15 is 4.39 Å². The second-order valence-electron chi connectivity index (χ2n) is 12.8. The second kappa shape index (κ2) is 13.1. The number of carbonyl (C=O) groups excluding carboxylic acids is 2. The zero-order valence-corrected chi connectivity index (χ0v) is 28.3. The number of aromatic nitrogens is 1. The zero-order chi connectivity index (χ0) is 32.8. The van der Waals surface area contributed by atoms with Crippen molar-refractivity contribution < 1.29 is 38.2 Å². The third-order valence-corrected chi connectivity index (χ3v) is 10.0. The number of nitrogens with one attached hydrogen (secondary N) is 1. The number of aliphatic hydroxyl groups is 2. The number of rotatable bonds is 12. The highest BCUT2D eigenvalue weighted by Gasteiger charge is 2.65. The molecule has 1 fully saturated rings. The number of hydrogen-bond donors (Lipinski definition) is 3. The molecular weight excluding hydrogens is 649 g/mol. The van der Waals surface area contributed by atoms with E-state index in [1.54, 1.807) is 19.0 Å². The van der Waals surface area contributed by atoms with Gasteiger partial charge < -0.3 is 29.5 Å². The van der Waals surface area contributed by atoms with Crippen LogP contribution in [0.15, 0.2) is 14.6 Å². The standard InChI is InChI=1S/C33H43BrFN3O7/c1-7-9-11-43-28-19(15-36-16(3)4)25(35)24(34)18-13-17-14-20-26(38(5)6)29-23(32(37-45-29)44-12-10-8-2)31(41)33(20,42)30(40)21(17)27(39)22(18)28/h16-17,20,26,36,39,42H,7-15H2,1-6H3/t17-,20-,26-,33-/m0/s1. The maximum atomic E-state index is 16.0. The maximum Gasteiger partial charge on any atom is 0.265 e. The molecule has 1 aromatic heterocycles. The number of benzene rings is 1. The highest BCUT2D eigenvalue weighted by atomic mass is 79.9. The van der Waals surface area contributed by atoms with Gasteiger partial charge in [0, 0.05) is 29.6 Å². The van der Waals surface area contributed by atoms with Crippen LogP contribution >= 0.6 is 15.9 Å². The molecule has 4 atom stereocenters. The first-order valence-electron chi connectivity index (χ1n) is 15.8. The van der Waals surface area contributed by atoms with Gasteiger partial charge in [-0.3, -0.25) is 14.5 Å². The van der Waals surface area contributed by atoms with Crippen molar-refractivity contribution >= 4 is 33.3 Å². The van der Waals surface area contributed by atoms with Crippen LogP contribution in [0.3, 0.4) is 0 Å². The van der Waals surface area contributed by atoms with Crippen molar-refractivity contribution in [2.75, 3.05) is 27.3 Å². The van der Waals surface area contributed by atoms with E-state index in [4.69, 9.17) is 14.0 Å². The molecule has 12 heteroatoms. The molecule has 1 heterocycles. The van der Waals surface area contributed by atoms with E-state index < -0.39 is 46.6 Å². The summed E-state index contributed by atoms with van der Waals surface area (Å²) >= 11 is 3.45. The lowest BCUT2D eigenvalue weighted by Gasteiger charge is -2.49. The van der Waals surface area contributed by atoms with Crippen LogP contribution in [0.1, 0.15) is 98.6 Å². The lowest BCUT2D eigenvalue weighted by Crippen LogP contribution is -2.63. The predicted molar refractivity (Wildman–Crippen MR) is 169 cm³/mol. The van der Waals surface area contributed by atoms with Gasteiger partial charge in [0.25, 0.3) is 5.88 Å². The number of aliphatic hydroxyl groups excluding tert-OH is 1. The Labute approximate surface area is 271 Å². The quantitative estimate of drug-likeness (QED) is 0.188. The van der Waals surface area contributed by atoms with Gasteiger partial charge in [-0.1, -0.05) is 40.5 Å². The van der Waals surface area contributed by atoms with Gasteiger partial charge in [0.05, 0.1) is 29.3 Å². The molecule has 0 radical (unpaired) electrons. The minimum atomic E-state index is -2.50. The largest absolute Gasteiger partial charge is 0.507 e. The van der Waals surface area contributed by atoms with Gasteiger partial charge in [-0.25, -0.2) is 4.39 Å². The first-order chi connectivity index (χ1) is 21.4. The minimum Gasteiger partial charge on any atom is -0.507 e. The summed E-state index contributed by atoms with van der Waals surface area (Å²) in [6.45, 7) is 8.58. The SMILES string of the molecule is CCCCOc1noc2c1C(=O)[C@@]1(O)C(=O)C3=C(O)c4c(c(Br)c(F)c(CNC(C)C)c4OCCCC)C[C@H]3C[C@H]1[C@@H]2N(C)C. The summed E-state index contributed by atoms with van der Waals surface area (Å²) in [5, 5.41) is 31.4. The van der Waals surface area contributed by atoms with Crippen LogP contribution in [-0.4, -0.2) is 70.8 Å². The van der Waals surface area contributed by atoms with Gasteiger partial charge in [-0.2, -0.15) is 0 Å². The molecule has 3 aliphatic rings. The van der Waals surface area contributed by atoms with Gasteiger partial charge in [-0.05, 0) is 72.3 Å². The lowest BCUT2D eigenvalue weighted by molar-refractivity contribution is -0.142. The predicted octanol–water partition coefficient (Wildman–Crippen LogP) is 5.69. The topological polar surface area (TPSA) is 134 Å². The average Bonchev–Trinajstić information content (AvgIpc) is 3.40. The Kier molecular flexibility index (Phi) is 9.79. The maximum absolute atomic E-state index is 16.0. The van der Waals surface area contributed by atoms with E-state index in [2.05, 4.69) is 26.4 Å². The van der Waals surface area contributed by atoms with Gasteiger partial charge in [-0.15, -0.1) is 0 Å². The summed E-state index contributed by atoms with van der Waals surface area (Å²) in [5.41, 5.74) is -1.70. The fourth-order valence-electron chi connectivity index (χ4n) is 6.87. The van der Waals surface area contributed by atoms with Crippen molar-refractivity contribution in [3.63, 3.8) is 0 Å². The number of unbranched alkanes of at least 4 members (excludes halogenated alkanes) is 2. The number of nitrogens with zero attached hydrogens (tertiary/aromatic N) is 2. The van der Waals surface area contributed by atoms with Crippen molar-refractivity contribution in [3.05, 3.63) is 43.9 Å². The van der Waals surface area contributed by atoms with Crippen LogP contribution in [-0.2, 0) is 17.8 Å². The van der Waals surface area contributed by atoms with Crippen molar-refractivity contribution in [2.24, 2.45) is 11.8 Å². The third kappa shape index (κ3) is 5.51. The number of fused-ring (bicyclic) bond motifs is 4. The fourth-order valence-corrected chi connectivity index (χ4v) is 7.47. The smallest absolute Gasteiger partial charge is 0.265 e. The fraction of sp³-hybridized carbons (Fsp3) is 0.606. The van der Waals surface area contributed by atoms with Gasteiger partial charge in [0.1, 0.15) is 22.9 Å². The van der Waals surface area contributed by atoms with Crippen molar-refractivity contribution in [1.29, 1.82) is 0 Å². The van der Waals surface area contributed by atoms with Gasteiger partial charge >= 0.3 is 0 Å². The molecule has 0 spiro atoms. The summed E-state index contributed by atoms with van der Waals surface area (Å²) in [7, 11) is 3.54. The molecule has 0 aliphatic heterocycles. The second-order valence-corrected chi connectivity index (χ2v) is 13.6. The van der Waals surface area contributed by atoms with E-state index in [9.17, 15) is 19.8 Å². The molecule has 0 unspecified atom stereocenters. The van der Waals surface area contributed by atoms with Crippen LogP contribution in [0.4, 0.5) is 4.39 Å². The molecule has 0 bridgehead atoms. The number of Topliss-reactive ketones (excluding diaryl/α,β-unsaturated/α-hetero) is 2. The van der Waals surface area contributed by atoms with Crippen molar-refractivity contribution in [1.82, 2.24) is 15.4 Å². The first-order valence-corrected chi connectivity index (χ1v) is 16.6. The van der Waals surface area contributed by atoms with E-state index in [0.717, 1.165) is 12.8 Å². The van der Waals surface area contributed by atoms with E-state index in [0.29, 0.717) is 18.4 Å². The van der Waals surface area contributed by atoms with Gasteiger partial charge in [0.2, 0.25) is 11.6 Å². The molecule has 45 heavy (non-hydrogen) atoms. The molecule has 1 saturated carbocycles. The van der Waals surface area contributed by atoms with Gasteiger partial charge in [0.15, 0.2) is 11.4 Å². The normalized spacial score (nSPS) is 24.1. The molecule has 3 aliphatic carbocycles. The average molecular weight is 693 g/mol. The number of halogens is 2. The van der Waals surface area contributed by atoms with Crippen LogP contribution in [0.5, 0.6) is 11.6 Å². The summed E-state index contributed by atoms with van der Waals surface area (Å²) in [6.07, 6.45) is 3.46. The molecule has 10 nitrogen and oxygen atoms in total. The Morgan fingerprint density at radius 2 is 1.80 bits per heavy atom. The highest BCUT2D eigenvalue weighted by molar-refractivity contribution is 9.10. The number of ketones is 2. The number of hydrogen-bond acceptors (Lipinski definition) is 10. The molecule has 0 saturated heterocycles. The first kappa shape index (κ1) is 33.6. The van der Waals surface area contributed by atoms with Crippen LogP contribution < -0.4 is 14.8 Å².